The number of amides is 2. The fraction of sp³-hybridized carbons (Fsp3) is 0.517. The Bertz CT molecular complexity index is 1160. The molecule has 0 bridgehead atoms. The number of aryl methyl sites for hydroxylation is 1. The zero-order valence-corrected chi connectivity index (χ0v) is 22.2. The van der Waals surface area contributed by atoms with Crippen LogP contribution in [0.5, 0.6) is 5.75 Å². The van der Waals surface area contributed by atoms with Crippen molar-refractivity contribution in [3.05, 3.63) is 46.3 Å². The second-order valence-corrected chi connectivity index (χ2v) is 11.3. The number of carbonyl (C=O) groups is 2. The summed E-state index contributed by atoms with van der Waals surface area (Å²) in [5.74, 6) is 4.52. The standard InChI is InChI=1S/C29H36N4O3S/c1-2-3-7-16-30-29(36-22-8-5-4-6-9-22)32-21-14-15-24-23(17-21)25(27(35)31-18-19-10-11-19)28(37-24)33-26(34)20-12-13-20/h4-6,8-9,19-21,29-30,32H,2-3,10-15,17-18H2,1H3,(H,31,35)(H,33,34). The first kappa shape index (κ1) is 25.6. The Morgan fingerprint density at radius 3 is 2.68 bits per heavy atom. The van der Waals surface area contributed by atoms with Gasteiger partial charge in [-0.2, -0.15) is 0 Å². The van der Waals surface area contributed by atoms with Crippen molar-refractivity contribution in [2.24, 2.45) is 11.8 Å². The monoisotopic (exact) mass is 520 g/mol. The van der Waals surface area contributed by atoms with Crippen LogP contribution in [0.1, 0.15) is 72.7 Å². The quantitative estimate of drug-likeness (QED) is 0.200. The lowest BCUT2D eigenvalue weighted by molar-refractivity contribution is -0.117. The number of rotatable bonds is 11. The van der Waals surface area contributed by atoms with Gasteiger partial charge in [-0.1, -0.05) is 31.0 Å². The lowest BCUT2D eigenvalue weighted by atomic mass is 9.91. The van der Waals surface area contributed by atoms with Crippen molar-refractivity contribution >= 4 is 28.2 Å². The van der Waals surface area contributed by atoms with Gasteiger partial charge in [0.15, 0.2) is 0 Å². The number of unbranched alkanes of at least 4 members (excludes halogenated alkanes) is 1. The molecule has 0 spiro atoms. The molecule has 0 aliphatic heterocycles. The number of para-hydroxylation sites is 1. The van der Waals surface area contributed by atoms with Crippen LogP contribution < -0.4 is 26.0 Å². The molecule has 2 unspecified atom stereocenters. The van der Waals surface area contributed by atoms with Crippen molar-refractivity contribution in [1.29, 1.82) is 0 Å². The zero-order chi connectivity index (χ0) is 25.6. The Hall–Kier alpha value is -3.02. The van der Waals surface area contributed by atoms with Crippen LogP contribution in [0.3, 0.4) is 0 Å². The van der Waals surface area contributed by atoms with E-state index in [4.69, 9.17) is 4.74 Å². The van der Waals surface area contributed by atoms with Gasteiger partial charge < -0.3 is 15.4 Å². The van der Waals surface area contributed by atoms with E-state index in [-0.39, 0.29) is 23.8 Å². The first-order chi connectivity index (χ1) is 18.1. The summed E-state index contributed by atoms with van der Waals surface area (Å²) in [6, 6.07) is 12.8. The van der Waals surface area contributed by atoms with Crippen LogP contribution in [-0.2, 0) is 17.6 Å². The van der Waals surface area contributed by atoms with Gasteiger partial charge in [0, 0.05) is 35.8 Å². The molecule has 2 aromatic rings. The second-order valence-electron chi connectivity index (χ2n) is 10.2. The van der Waals surface area contributed by atoms with E-state index in [1.165, 1.54) is 17.7 Å². The first-order valence-corrected chi connectivity index (χ1v) is 14.4. The van der Waals surface area contributed by atoms with Gasteiger partial charge in [0.2, 0.25) is 12.3 Å². The molecule has 3 aliphatic rings. The smallest absolute Gasteiger partial charge is 0.254 e. The van der Waals surface area contributed by atoms with Crippen molar-refractivity contribution in [2.75, 3.05) is 11.9 Å². The number of nitrogens with one attached hydrogen (secondary N) is 4. The molecule has 2 amide bonds. The van der Waals surface area contributed by atoms with Crippen LogP contribution in [0.25, 0.3) is 0 Å². The number of fused-ring (bicyclic) bond motifs is 1. The molecule has 8 heteroatoms. The lowest BCUT2D eigenvalue weighted by Crippen LogP contribution is -2.51. The molecule has 1 heterocycles. The second kappa shape index (κ2) is 12.0. The molecule has 1 aromatic carbocycles. The van der Waals surface area contributed by atoms with Crippen molar-refractivity contribution < 1.29 is 14.3 Å². The molecule has 0 radical (unpaired) electrons. The van der Waals surface area contributed by atoms with Gasteiger partial charge in [-0.3, -0.25) is 20.2 Å². The molecular weight excluding hydrogens is 484 g/mol. The summed E-state index contributed by atoms with van der Waals surface area (Å²) in [5.41, 5.74) is 1.70. The summed E-state index contributed by atoms with van der Waals surface area (Å²) in [6.07, 6.45) is 8.00. The number of ether oxygens (including phenoxy) is 1. The van der Waals surface area contributed by atoms with Gasteiger partial charge in [0.05, 0.1) is 5.56 Å². The highest BCUT2D eigenvalue weighted by atomic mass is 32.1. The molecule has 4 N–H and O–H groups in total. The highest BCUT2D eigenvalue weighted by Crippen LogP contribution is 2.40. The fourth-order valence-electron chi connectivity index (χ4n) is 4.52. The largest absolute Gasteiger partial charge is 0.457 e. The topological polar surface area (TPSA) is 91.5 Å². The number of hydrogen-bond donors (Lipinski definition) is 4. The fourth-order valence-corrected chi connectivity index (χ4v) is 5.76. The predicted molar refractivity (Wildman–Crippen MR) is 146 cm³/mol. The first-order valence-electron chi connectivity index (χ1n) is 13.6. The maximum Gasteiger partial charge on any atom is 0.254 e. The Morgan fingerprint density at radius 1 is 1.14 bits per heavy atom. The van der Waals surface area contributed by atoms with Gasteiger partial charge in [-0.25, -0.2) is 0 Å². The van der Waals surface area contributed by atoms with E-state index in [0.29, 0.717) is 29.4 Å². The number of anilines is 1. The maximum absolute atomic E-state index is 13.3. The highest BCUT2D eigenvalue weighted by molar-refractivity contribution is 7.17. The minimum atomic E-state index is -0.488. The summed E-state index contributed by atoms with van der Waals surface area (Å²) in [6.45, 7) is 2.81. The Balaban J connectivity index is 1.32. The normalized spacial score (nSPS) is 19.1. The van der Waals surface area contributed by atoms with E-state index in [1.807, 2.05) is 30.3 Å². The highest BCUT2D eigenvalue weighted by Gasteiger charge is 2.34. The number of carbonyl (C=O) groups excluding carboxylic acids is 2. The van der Waals surface area contributed by atoms with E-state index in [0.717, 1.165) is 49.8 Å². The number of thiophene rings is 1. The van der Waals surface area contributed by atoms with E-state index >= 15 is 0 Å². The van der Waals surface area contributed by atoms with Crippen molar-refractivity contribution in [3.8, 4) is 17.7 Å². The molecular formula is C29H36N4O3S. The van der Waals surface area contributed by atoms with Crippen LogP contribution in [0.15, 0.2) is 30.3 Å². The van der Waals surface area contributed by atoms with Gasteiger partial charge >= 0.3 is 0 Å². The molecule has 2 atom stereocenters. The predicted octanol–water partition coefficient (Wildman–Crippen LogP) is 4.40. The number of hydrogen-bond acceptors (Lipinski definition) is 6. The van der Waals surface area contributed by atoms with Crippen LogP contribution in [0.4, 0.5) is 5.00 Å². The Labute approximate surface area is 223 Å². The summed E-state index contributed by atoms with van der Waals surface area (Å²) in [5, 5.41) is 13.7. The molecule has 7 nitrogen and oxygen atoms in total. The van der Waals surface area contributed by atoms with Crippen LogP contribution in [0, 0.1) is 23.8 Å². The molecule has 196 valence electrons. The third-order valence-electron chi connectivity index (χ3n) is 6.97. The van der Waals surface area contributed by atoms with Crippen LogP contribution in [0.2, 0.25) is 0 Å². The molecule has 5 rings (SSSR count). The Morgan fingerprint density at radius 2 is 1.95 bits per heavy atom. The molecule has 3 aliphatic carbocycles. The third-order valence-corrected chi connectivity index (χ3v) is 8.18. The minimum Gasteiger partial charge on any atom is -0.457 e. The Kier molecular flexibility index (Phi) is 8.32. The van der Waals surface area contributed by atoms with Crippen molar-refractivity contribution in [1.82, 2.24) is 16.0 Å². The van der Waals surface area contributed by atoms with E-state index in [2.05, 4.69) is 40.2 Å². The number of benzene rings is 1. The third kappa shape index (κ3) is 7.06. The molecule has 1 aromatic heterocycles. The average molecular weight is 521 g/mol. The van der Waals surface area contributed by atoms with E-state index in [1.54, 1.807) is 11.3 Å². The SMILES string of the molecule is CCCC#CNC(NC1CCc2sc(NC(=O)C3CC3)c(C(=O)NCC3CC3)c2C1)Oc1ccccc1. The maximum atomic E-state index is 13.3. The van der Waals surface area contributed by atoms with Crippen molar-refractivity contribution in [2.45, 2.75) is 77.1 Å². The van der Waals surface area contributed by atoms with Crippen LogP contribution >= 0.6 is 11.3 Å². The van der Waals surface area contributed by atoms with Gasteiger partial charge in [0.1, 0.15) is 10.8 Å². The minimum absolute atomic E-state index is 0.0377. The molecule has 37 heavy (non-hydrogen) atoms. The van der Waals surface area contributed by atoms with Gasteiger partial charge in [-0.05, 0) is 75.0 Å². The molecule has 2 saturated carbocycles. The summed E-state index contributed by atoms with van der Waals surface area (Å²) in [4.78, 5) is 27.1. The van der Waals surface area contributed by atoms with Gasteiger partial charge in [-0.15, -0.1) is 11.3 Å². The average Bonchev–Trinajstić information content (AvgIpc) is 3.83. The summed E-state index contributed by atoms with van der Waals surface area (Å²) >= 11 is 1.57. The van der Waals surface area contributed by atoms with Crippen molar-refractivity contribution in [3.63, 3.8) is 0 Å². The van der Waals surface area contributed by atoms with Gasteiger partial charge in [0.25, 0.3) is 5.91 Å². The van der Waals surface area contributed by atoms with Crippen LogP contribution in [-0.4, -0.2) is 30.8 Å². The molecule has 2 fully saturated rings. The van der Waals surface area contributed by atoms with E-state index in [9.17, 15) is 9.59 Å². The lowest BCUT2D eigenvalue weighted by Gasteiger charge is -2.29. The zero-order valence-electron chi connectivity index (χ0n) is 21.4. The van der Waals surface area contributed by atoms with E-state index < -0.39 is 6.35 Å². The molecule has 0 saturated heterocycles. The summed E-state index contributed by atoms with van der Waals surface area (Å²) in [7, 11) is 0. The summed E-state index contributed by atoms with van der Waals surface area (Å²) < 4.78 is 6.17.